The first kappa shape index (κ1) is 15.7. The first-order chi connectivity index (χ1) is 8.36. The maximum Gasteiger partial charge on any atom is 0.230 e. The lowest BCUT2D eigenvalue weighted by Gasteiger charge is -2.26. The summed E-state index contributed by atoms with van der Waals surface area (Å²) < 4.78 is 0. The number of thioether (sulfide) groups is 1. The Morgan fingerprint density at radius 2 is 2.00 bits per heavy atom. The molecule has 0 aromatic heterocycles. The zero-order valence-corrected chi connectivity index (χ0v) is 13.0. The fourth-order valence-corrected chi connectivity index (χ4v) is 2.18. The van der Waals surface area contributed by atoms with E-state index in [1.165, 1.54) is 11.8 Å². The van der Waals surface area contributed by atoms with Gasteiger partial charge in [0.15, 0.2) is 0 Å². The van der Waals surface area contributed by atoms with Crippen LogP contribution in [0.25, 0.3) is 0 Å². The van der Waals surface area contributed by atoms with Gasteiger partial charge in [-0.2, -0.15) is 11.8 Å². The maximum atomic E-state index is 11.5. The normalized spacial score (nSPS) is 11.4. The molecule has 0 saturated carbocycles. The molecule has 0 atom stereocenters. The number of hydrogen-bond donors (Lipinski definition) is 1. The van der Waals surface area contributed by atoms with E-state index in [2.05, 4.69) is 19.2 Å². The van der Waals surface area contributed by atoms with E-state index in [4.69, 9.17) is 23.2 Å². The van der Waals surface area contributed by atoms with Crippen LogP contribution in [0.2, 0.25) is 10.0 Å². The Hall–Kier alpha value is -0.380. The van der Waals surface area contributed by atoms with Gasteiger partial charge in [0.25, 0.3) is 0 Å². The van der Waals surface area contributed by atoms with Crippen molar-refractivity contribution in [2.24, 2.45) is 0 Å². The molecule has 1 aromatic carbocycles. The number of hydrogen-bond acceptors (Lipinski definition) is 2. The van der Waals surface area contributed by atoms with Gasteiger partial charge < -0.3 is 5.32 Å². The fourth-order valence-electron chi connectivity index (χ4n) is 1.52. The van der Waals surface area contributed by atoms with Crippen LogP contribution in [0.5, 0.6) is 0 Å². The minimum Gasteiger partial charge on any atom is -0.355 e. The van der Waals surface area contributed by atoms with Crippen LogP contribution in [0.3, 0.4) is 0 Å². The van der Waals surface area contributed by atoms with Gasteiger partial charge in [0.05, 0.1) is 15.8 Å². The second-order valence-corrected chi connectivity index (χ2v) is 6.40. The van der Waals surface area contributed by atoms with Gasteiger partial charge in [-0.25, -0.2) is 0 Å². The van der Waals surface area contributed by atoms with Gasteiger partial charge in [0, 0.05) is 12.0 Å². The van der Waals surface area contributed by atoms with Gasteiger partial charge in [-0.15, -0.1) is 0 Å². The van der Waals surface area contributed by atoms with E-state index >= 15 is 0 Å². The van der Waals surface area contributed by atoms with Crippen molar-refractivity contribution in [3.05, 3.63) is 33.8 Å². The van der Waals surface area contributed by atoms with Gasteiger partial charge in [-0.1, -0.05) is 43.1 Å². The molecule has 0 aliphatic rings. The van der Waals surface area contributed by atoms with Crippen LogP contribution in [0.4, 0.5) is 0 Å². The Morgan fingerprint density at radius 3 is 2.56 bits per heavy atom. The van der Waals surface area contributed by atoms with Crippen molar-refractivity contribution in [2.75, 3.05) is 18.6 Å². The van der Waals surface area contributed by atoms with E-state index in [-0.39, 0.29) is 11.3 Å². The lowest BCUT2D eigenvalue weighted by Crippen LogP contribution is -2.37. The smallest absolute Gasteiger partial charge is 0.230 e. The molecule has 5 heteroatoms. The van der Waals surface area contributed by atoms with E-state index in [9.17, 15) is 4.79 Å². The van der Waals surface area contributed by atoms with Crippen molar-refractivity contribution < 1.29 is 4.79 Å². The molecule has 2 nitrogen and oxygen atoms in total. The second-order valence-electron chi connectivity index (χ2n) is 4.72. The van der Waals surface area contributed by atoms with E-state index in [1.54, 1.807) is 6.07 Å². The molecule has 0 saturated heterocycles. The van der Waals surface area contributed by atoms with Crippen LogP contribution < -0.4 is 5.32 Å². The molecule has 0 spiro atoms. The predicted octanol–water partition coefficient (Wildman–Crippen LogP) is 3.75. The molecule has 0 radical (unpaired) electrons. The van der Waals surface area contributed by atoms with Crippen LogP contribution >= 0.6 is 35.0 Å². The molecular formula is C13H17Cl2NOS. The third-order valence-electron chi connectivity index (χ3n) is 2.70. The third kappa shape index (κ3) is 4.38. The highest BCUT2D eigenvalue weighted by Crippen LogP contribution is 2.29. The van der Waals surface area contributed by atoms with Crippen molar-refractivity contribution in [2.45, 2.75) is 19.3 Å². The highest BCUT2D eigenvalue weighted by atomic mass is 35.5. The predicted molar refractivity (Wildman–Crippen MR) is 80.9 cm³/mol. The van der Waals surface area contributed by atoms with Crippen molar-refractivity contribution in [3.8, 4) is 0 Å². The minimum atomic E-state index is -0.178. The molecule has 100 valence electrons. The molecule has 0 heterocycles. The Kier molecular flexibility index (Phi) is 5.83. The maximum absolute atomic E-state index is 11.5. The quantitative estimate of drug-likeness (QED) is 0.897. The number of rotatable bonds is 5. The lowest BCUT2D eigenvalue weighted by atomic mass is 9.84. The van der Waals surface area contributed by atoms with Crippen LogP contribution in [0, 0.1) is 0 Å². The number of nitrogens with one attached hydrogen (secondary N) is 1. The minimum absolute atomic E-state index is 0.0515. The van der Waals surface area contributed by atoms with Gasteiger partial charge in [0.1, 0.15) is 0 Å². The lowest BCUT2D eigenvalue weighted by molar-refractivity contribution is -0.118. The molecular weight excluding hydrogens is 289 g/mol. The molecule has 0 aliphatic heterocycles. The zero-order valence-electron chi connectivity index (χ0n) is 10.7. The average Bonchev–Trinajstić information content (AvgIpc) is 2.30. The van der Waals surface area contributed by atoms with Gasteiger partial charge >= 0.3 is 0 Å². The molecule has 1 aromatic rings. The summed E-state index contributed by atoms with van der Waals surface area (Å²) >= 11 is 13.4. The average molecular weight is 306 g/mol. The highest BCUT2D eigenvalue weighted by Gasteiger charge is 2.22. The third-order valence-corrected chi connectivity index (χ3v) is 3.99. The monoisotopic (exact) mass is 305 g/mol. The molecule has 0 fully saturated rings. The SMILES string of the molecule is CSCC(=O)NCC(C)(C)c1ccc(Cl)c(Cl)c1. The number of amides is 1. The molecule has 0 aliphatic carbocycles. The van der Waals surface area contributed by atoms with Crippen LogP contribution in [-0.4, -0.2) is 24.5 Å². The van der Waals surface area contributed by atoms with Crippen molar-refractivity contribution in [3.63, 3.8) is 0 Å². The van der Waals surface area contributed by atoms with Crippen molar-refractivity contribution in [1.82, 2.24) is 5.32 Å². The summed E-state index contributed by atoms with van der Waals surface area (Å²) in [6.45, 7) is 4.70. The number of halogens is 2. The molecule has 0 unspecified atom stereocenters. The summed E-state index contributed by atoms with van der Waals surface area (Å²) in [5.74, 6) is 0.535. The molecule has 1 amide bonds. The topological polar surface area (TPSA) is 29.1 Å². The standard InChI is InChI=1S/C13H17Cl2NOS/c1-13(2,8-16-12(17)7-18-3)9-4-5-10(14)11(15)6-9/h4-6H,7-8H2,1-3H3,(H,16,17). The first-order valence-electron chi connectivity index (χ1n) is 5.58. The Labute approximate surface area is 122 Å². The van der Waals surface area contributed by atoms with E-state index < -0.39 is 0 Å². The first-order valence-corrected chi connectivity index (χ1v) is 7.73. The largest absolute Gasteiger partial charge is 0.355 e. The van der Waals surface area contributed by atoms with Crippen molar-refractivity contribution in [1.29, 1.82) is 0 Å². The molecule has 1 N–H and O–H groups in total. The summed E-state index contributed by atoms with van der Waals surface area (Å²) in [7, 11) is 0. The van der Waals surface area contributed by atoms with Gasteiger partial charge in [0.2, 0.25) is 5.91 Å². The molecule has 1 rings (SSSR count). The second kappa shape index (κ2) is 6.69. The summed E-state index contributed by atoms with van der Waals surface area (Å²) in [5.41, 5.74) is 0.879. The van der Waals surface area contributed by atoms with Crippen LogP contribution in [-0.2, 0) is 10.2 Å². The number of carbonyl (C=O) groups excluding carboxylic acids is 1. The Morgan fingerprint density at radius 1 is 1.33 bits per heavy atom. The number of carbonyl (C=O) groups is 1. The van der Waals surface area contributed by atoms with Crippen LogP contribution in [0.1, 0.15) is 19.4 Å². The van der Waals surface area contributed by atoms with Crippen LogP contribution in [0.15, 0.2) is 18.2 Å². The summed E-state index contributed by atoms with van der Waals surface area (Å²) in [6.07, 6.45) is 1.91. The summed E-state index contributed by atoms with van der Waals surface area (Å²) in [5, 5.41) is 4.00. The summed E-state index contributed by atoms with van der Waals surface area (Å²) in [4.78, 5) is 11.5. The van der Waals surface area contributed by atoms with E-state index in [1.807, 2.05) is 18.4 Å². The fraction of sp³-hybridized carbons (Fsp3) is 0.462. The van der Waals surface area contributed by atoms with E-state index in [0.717, 1.165) is 5.56 Å². The zero-order chi connectivity index (χ0) is 13.8. The molecule has 18 heavy (non-hydrogen) atoms. The Balaban J connectivity index is 2.73. The molecule has 0 bridgehead atoms. The highest BCUT2D eigenvalue weighted by molar-refractivity contribution is 7.99. The van der Waals surface area contributed by atoms with E-state index in [0.29, 0.717) is 22.3 Å². The van der Waals surface area contributed by atoms with Gasteiger partial charge in [-0.3, -0.25) is 4.79 Å². The Bertz CT molecular complexity index is 435. The summed E-state index contributed by atoms with van der Waals surface area (Å²) in [6, 6.07) is 5.57. The van der Waals surface area contributed by atoms with Gasteiger partial charge in [-0.05, 0) is 24.0 Å². The van der Waals surface area contributed by atoms with Crippen molar-refractivity contribution >= 4 is 40.9 Å². The number of benzene rings is 1.